The number of benzene rings is 2. The van der Waals surface area contributed by atoms with Crippen LogP contribution in [0.5, 0.6) is 5.75 Å². The molecule has 4 aromatic rings. The lowest BCUT2D eigenvalue weighted by molar-refractivity contribution is 0.305. The summed E-state index contributed by atoms with van der Waals surface area (Å²) in [5.74, 6) is 1.96. The number of ether oxygens (including phenoxy) is 1. The van der Waals surface area contributed by atoms with Crippen LogP contribution in [-0.4, -0.2) is 29.0 Å². The normalized spacial score (nSPS) is 10.7. The van der Waals surface area contributed by atoms with E-state index in [1.54, 1.807) is 12.3 Å². The average molecular weight is 389 g/mol. The van der Waals surface area contributed by atoms with Crippen molar-refractivity contribution < 1.29 is 9.13 Å². The maximum absolute atomic E-state index is 13.3. The van der Waals surface area contributed by atoms with Crippen LogP contribution in [0.25, 0.3) is 10.9 Å². The lowest BCUT2D eigenvalue weighted by atomic mass is 10.2. The van der Waals surface area contributed by atoms with Crippen molar-refractivity contribution in [3.63, 3.8) is 0 Å². The van der Waals surface area contributed by atoms with E-state index in [1.165, 1.54) is 18.5 Å². The van der Waals surface area contributed by atoms with Crippen LogP contribution in [0.1, 0.15) is 5.56 Å². The lowest BCUT2D eigenvalue weighted by Crippen LogP contribution is -2.10. The summed E-state index contributed by atoms with van der Waals surface area (Å²) in [7, 11) is 3.88. The zero-order valence-corrected chi connectivity index (χ0v) is 16.1. The van der Waals surface area contributed by atoms with Gasteiger partial charge in [-0.15, -0.1) is 0 Å². The van der Waals surface area contributed by atoms with E-state index in [-0.39, 0.29) is 5.82 Å². The van der Waals surface area contributed by atoms with Crippen LogP contribution in [0.4, 0.5) is 21.7 Å². The summed E-state index contributed by atoms with van der Waals surface area (Å²) >= 11 is 0. The molecule has 0 unspecified atom stereocenters. The fraction of sp³-hybridized carbons (Fsp3) is 0.136. The number of nitrogens with one attached hydrogen (secondary N) is 1. The Morgan fingerprint density at radius 1 is 1.00 bits per heavy atom. The second kappa shape index (κ2) is 8.10. The topological polar surface area (TPSA) is 63.2 Å². The van der Waals surface area contributed by atoms with Crippen molar-refractivity contribution in [3.8, 4) is 5.75 Å². The summed E-state index contributed by atoms with van der Waals surface area (Å²) in [6.07, 6.45) is 3.25. The van der Waals surface area contributed by atoms with Gasteiger partial charge in [0.15, 0.2) is 0 Å². The van der Waals surface area contributed by atoms with Crippen molar-refractivity contribution in [2.24, 2.45) is 0 Å². The first kappa shape index (κ1) is 18.6. The second-order valence-electron chi connectivity index (χ2n) is 6.74. The highest BCUT2D eigenvalue weighted by atomic mass is 19.1. The zero-order chi connectivity index (χ0) is 20.2. The number of halogens is 1. The van der Waals surface area contributed by atoms with Crippen LogP contribution in [0.15, 0.2) is 67.1 Å². The predicted octanol–water partition coefficient (Wildman–Crippen LogP) is 4.55. The van der Waals surface area contributed by atoms with Crippen LogP contribution >= 0.6 is 0 Å². The molecule has 0 bridgehead atoms. The molecule has 0 spiro atoms. The Balaban J connectivity index is 1.49. The molecule has 146 valence electrons. The maximum atomic E-state index is 13.3. The number of rotatable bonds is 6. The van der Waals surface area contributed by atoms with E-state index in [0.717, 1.165) is 28.0 Å². The molecule has 0 radical (unpaired) electrons. The van der Waals surface area contributed by atoms with Gasteiger partial charge in [-0.05, 0) is 48.0 Å². The Labute approximate surface area is 168 Å². The molecule has 29 heavy (non-hydrogen) atoms. The summed E-state index contributed by atoms with van der Waals surface area (Å²) in [6, 6.07) is 15.9. The molecular formula is C22H20FN5O. The molecule has 1 N–H and O–H groups in total. The Hall–Kier alpha value is -3.74. The molecule has 0 fully saturated rings. The molecule has 0 atom stereocenters. The van der Waals surface area contributed by atoms with Crippen molar-refractivity contribution in [2.75, 3.05) is 24.3 Å². The first-order valence-electron chi connectivity index (χ1n) is 9.11. The summed E-state index contributed by atoms with van der Waals surface area (Å²) in [5.41, 5.74) is 2.42. The van der Waals surface area contributed by atoms with E-state index in [4.69, 9.17) is 4.74 Å². The van der Waals surface area contributed by atoms with Gasteiger partial charge < -0.3 is 15.0 Å². The van der Waals surface area contributed by atoms with Gasteiger partial charge in [0, 0.05) is 25.2 Å². The van der Waals surface area contributed by atoms with Gasteiger partial charge in [-0.2, -0.15) is 0 Å². The van der Waals surface area contributed by atoms with Crippen molar-refractivity contribution >= 4 is 28.2 Å². The highest BCUT2D eigenvalue weighted by Crippen LogP contribution is 2.26. The smallest absolute Gasteiger partial charge is 0.141 e. The van der Waals surface area contributed by atoms with Gasteiger partial charge in [0.05, 0.1) is 11.7 Å². The van der Waals surface area contributed by atoms with Gasteiger partial charge in [-0.3, -0.25) is 0 Å². The predicted molar refractivity (Wildman–Crippen MR) is 112 cm³/mol. The van der Waals surface area contributed by atoms with Crippen molar-refractivity contribution in [2.45, 2.75) is 6.61 Å². The van der Waals surface area contributed by atoms with Gasteiger partial charge in [-0.25, -0.2) is 19.3 Å². The highest BCUT2D eigenvalue weighted by molar-refractivity contribution is 5.91. The van der Waals surface area contributed by atoms with Crippen LogP contribution < -0.4 is 15.0 Å². The van der Waals surface area contributed by atoms with Gasteiger partial charge >= 0.3 is 0 Å². The minimum absolute atomic E-state index is 0.268. The molecular weight excluding hydrogens is 369 g/mol. The molecule has 0 saturated carbocycles. The minimum atomic E-state index is -0.268. The molecule has 2 aromatic carbocycles. The molecule has 0 aliphatic rings. The Morgan fingerprint density at radius 3 is 2.59 bits per heavy atom. The van der Waals surface area contributed by atoms with Gasteiger partial charge in [-0.1, -0.05) is 12.1 Å². The van der Waals surface area contributed by atoms with Crippen LogP contribution in [0, 0.1) is 5.82 Å². The van der Waals surface area contributed by atoms with E-state index < -0.39 is 0 Å². The molecule has 4 rings (SSSR count). The maximum Gasteiger partial charge on any atom is 0.141 e. The number of nitrogens with zero attached hydrogens (tertiary/aromatic N) is 4. The summed E-state index contributed by atoms with van der Waals surface area (Å²) in [6.45, 7) is 0.307. The largest absolute Gasteiger partial charge is 0.489 e. The number of pyridine rings is 1. The Bertz CT molecular complexity index is 1130. The molecule has 2 heterocycles. The Kier molecular flexibility index (Phi) is 5.20. The standard InChI is InChI=1S/C22H20FN5O/c1-28(2)21-11-19-20(12-24-21)25-14-26-22(19)27-17-6-8-18(9-7-17)29-13-15-4-3-5-16(23)10-15/h3-12,14H,13H2,1-2H3,(H,25,26,27). The monoisotopic (exact) mass is 389 g/mol. The van der Waals surface area contributed by atoms with Crippen LogP contribution in [-0.2, 0) is 6.61 Å². The molecule has 7 heteroatoms. The average Bonchev–Trinajstić information content (AvgIpc) is 2.73. The number of anilines is 3. The van der Waals surface area contributed by atoms with Crippen molar-refractivity contribution in [1.29, 1.82) is 0 Å². The summed E-state index contributed by atoms with van der Waals surface area (Å²) in [4.78, 5) is 15.0. The highest BCUT2D eigenvalue weighted by Gasteiger charge is 2.08. The van der Waals surface area contributed by atoms with Gasteiger partial charge in [0.25, 0.3) is 0 Å². The third-order valence-corrected chi connectivity index (χ3v) is 4.38. The zero-order valence-electron chi connectivity index (χ0n) is 16.1. The van der Waals surface area contributed by atoms with Gasteiger partial charge in [0.2, 0.25) is 0 Å². The van der Waals surface area contributed by atoms with Crippen molar-refractivity contribution in [1.82, 2.24) is 15.0 Å². The number of hydrogen-bond acceptors (Lipinski definition) is 6. The fourth-order valence-electron chi connectivity index (χ4n) is 2.86. The first-order valence-corrected chi connectivity index (χ1v) is 9.11. The van der Waals surface area contributed by atoms with Crippen LogP contribution in [0.2, 0.25) is 0 Å². The van der Waals surface area contributed by atoms with E-state index in [9.17, 15) is 4.39 Å². The van der Waals surface area contributed by atoms with Crippen LogP contribution in [0.3, 0.4) is 0 Å². The molecule has 0 aliphatic carbocycles. The first-order chi connectivity index (χ1) is 14.1. The molecule has 0 aliphatic heterocycles. The third-order valence-electron chi connectivity index (χ3n) is 4.38. The summed E-state index contributed by atoms with van der Waals surface area (Å²) in [5, 5.41) is 4.21. The lowest BCUT2D eigenvalue weighted by Gasteiger charge is -2.13. The molecule has 0 saturated heterocycles. The van der Waals surface area contributed by atoms with Gasteiger partial charge in [0.1, 0.15) is 36.1 Å². The SMILES string of the molecule is CN(C)c1cc2c(Nc3ccc(OCc4cccc(F)c4)cc3)ncnc2cn1. The number of fused-ring (bicyclic) bond motifs is 1. The fourth-order valence-corrected chi connectivity index (χ4v) is 2.86. The number of aromatic nitrogens is 3. The van der Waals surface area contributed by atoms with E-state index in [1.807, 2.05) is 55.4 Å². The van der Waals surface area contributed by atoms with E-state index in [2.05, 4.69) is 20.3 Å². The van der Waals surface area contributed by atoms with E-state index >= 15 is 0 Å². The molecule has 2 aromatic heterocycles. The second-order valence-corrected chi connectivity index (χ2v) is 6.74. The minimum Gasteiger partial charge on any atom is -0.489 e. The van der Waals surface area contributed by atoms with E-state index in [0.29, 0.717) is 18.2 Å². The molecule has 6 nitrogen and oxygen atoms in total. The number of hydrogen-bond donors (Lipinski definition) is 1. The quantitative estimate of drug-likeness (QED) is 0.522. The third kappa shape index (κ3) is 4.40. The summed E-state index contributed by atoms with van der Waals surface area (Å²) < 4.78 is 19.0. The Morgan fingerprint density at radius 2 is 1.83 bits per heavy atom. The molecule has 0 amide bonds. The van der Waals surface area contributed by atoms with Crippen molar-refractivity contribution in [3.05, 3.63) is 78.5 Å².